The Morgan fingerprint density at radius 2 is 1.82 bits per heavy atom. The number of hydrogen-bond acceptors (Lipinski definition) is 4. The van der Waals surface area contributed by atoms with E-state index in [1.807, 2.05) is 12.1 Å². The molecule has 2 N–H and O–H groups in total. The van der Waals surface area contributed by atoms with E-state index in [1.165, 1.54) is 5.56 Å². The lowest BCUT2D eigenvalue weighted by atomic mass is 10.2. The molecule has 0 aromatic heterocycles. The van der Waals surface area contributed by atoms with Crippen molar-refractivity contribution in [2.24, 2.45) is 5.73 Å². The lowest BCUT2D eigenvalue weighted by Gasteiger charge is -2.21. The van der Waals surface area contributed by atoms with Crippen LogP contribution in [0, 0.1) is 0 Å². The fraction of sp³-hybridized carbons (Fsp3) is 0.538. The molecule has 1 aromatic carbocycles. The van der Waals surface area contributed by atoms with E-state index in [0.29, 0.717) is 6.54 Å². The molecule has 0 aliphatic rings. The van der Waals surface area contributed by atoms with Gasteiger partial charge in [-0.25, -0.2) is 0 Å². The maximum absolute atomic E-state index is 5.60. The Morgan fingerprint density at radius 3 is 2.35 bits per heavy atom. The normalized spacial score (nSPS) is 10.8. The van der Waals surface area contributed by atoms with Gasteiger partial charge < -0.3 is 15.2 Å². The highest BCUT2D eigenvalue weighted by atomic mass is 16.5. The van der Waals surface area contributed by atoms with E-state index in [9.17, 15) is 0 Å². The zero-order chi connectivity index (χ0) is 12.5. The minimum absolute atomic E-state index is 0.667. The van der Waals surface area contributed by atoms with Crippen LogP contribution in [0.25, 0.3) is 0 Å². The monoisotopic (exact) mass is 238 g/mol. The molecule has 0 saturated heterocycles. The largest absolute Gasteiger partial charge is 0.497 e. The van der Waals surface area contributed by atoms with Crippen LogP contribution in [0.15, 0.2) is 24.3 Å². The maximum atomic E-state index is 5.60. The lowest BCUT2D eigenvalue weighted by Crippen LogP contribution is -2.31. The van der Waals surface area contributed by atoms with Gasteiger partial charge in [-0.1, -0.05) is 12.1 Å². The first kappa shape index (κ1) is 14.0. The quantitative estimate of drug-likeness (QED) is 0.737. The summed E-state index contributed by atoms with van der Waals surface area (Å²) in [6.45, 7) is 4.08. The van der Waals surface area contributed by atoms with E-state index in [2.05, 4.69) is 17.0 Å². The Bertz CT molecular complexity index is 301. The fourth-order valence-corrected chi connectivity index (χ4v) is 1.66. The molecular weight excluding hydrogens is 216 g/mol. The van der Waals surface area contributed by atoms with Gasteiger partial charge in [-0.15, -0.1) is 0 Å². The third kappa shape index (κ3) is 5.17. The van der Waals surface area contributed by atoms with E-state index in [4.69, 9.17) is 15.2 Å². The Labute approximate surface area is 103 Å². The predicted molar refractivity (Wildman–Crippen MR) is 69.2 cm³/mol. The van der Waals surface area contributed by atoms with E-state index >= 15 is 0 Å². The van der Waals surface area contributed by atoms with Crippen molar-refractivity contribution in [2.75, 3.05) is 40.5 Å². The molecule has 0 unspecified atom stereocenters. The maximum Gasteiger partial charge on any atom is 0.118 e. The summed E-state index contributed by atoms with van der Waals surface area (Å²) in [7, 11) is 3.39. The minimum atomic E-state index is 0.667. The number of rotatable bonds is 8. The molecular formula is C13H22N2O2. The fourth-order valence-electron chi connectivity index (χ4n) is 1.66. The Kier molecular flexibility index (Phi) is 6.62. The second kappa shape index (κ2) is 8.06. The van der Waals surface area contributed by atoms with E-state index in [-0.39, 0.29) is 0 Å². The van der Waals surface area contributed by atoms with Gasteiger partial charge in [-0.05, 0) is 17.7 Å². The molecule has 0 fully saturated rings. The summed E-state index contributed by atoms with van der Waals surface area (Å²) in [5, 5.41) is 0. The molecule has 0 heterocycles. The Morgan fingerprint density at radius 1 is 1.12 bits per heavy atom. The van der Waals surface area contributed by atoms with E-state index in [0.717, 1.165) is 32.0 Å². The molecule has 17 heavy (non-hydrogen) atoms. The highest BCUT2D eigenvalue weighted by Crippen LogP contribution is 2.12. The van der Waals surface area contributed by atoms with Crippen molar-refractivity contribution in [1.29, 1.82) is 0 Å². The van der Waals surface area contributed by atoms with Crippen LogP contribution in [0.1, 0.15) is 5.56 Å². The molecule has 0 spiro atoms. The van der Waals surface area contributed by atoms with Crippen LogP contribution in [-0.4, -0.2) is 45.4 Å². The van der Waals surface area contributed by atoms with Crippen LogP contribution >= 0.6 is 0 Å². The van der Waals surface area contributed by atoms with Gasteiger partial charge in [0, 0.05) is 33.3 Å². The summed E-state index contributed by atoms with van der Waals surface area (Å²) in [5.41, 5.74) is 6.86. The average molecular weight is 238 g/mol. The van der Waals surface area contributed by atoms with E-state index in [1.54, 1.807) is 14.2 Å². The van der Waals surface area contributed by atoms with Gasteiger partial charge in [-0.2, -0.15) is 0 Å². The molecule has 0 bridgehead atoms. The standard InChI is InChI=1S/C13H22N2O2/c1-16-10-9-15(8-7-14)11-12-3-5-13(17-2)6-4-12/h3-6H,7-11,14H2,1-2H3. The molecule has 1 aromatic rings. The van der Waals surface area contributed by atoms with Crippen LogP contribution in [0.5, 0.6) is 5.75 Å². The van der Waals surface area contributed by atoms with Crippen LogP contribution in [0.2, 0.25) is 0 Å². The molecule has 0 saturated carbocycles. The molecule has 96 valence electrons. The van der Waals surface area contributed by atoms with Gasteiger partial charge in [0.2, 0.25) is 0 Å². The third-order valence-corrected chi connectivity index (χ3v) is 2.62. The number of nitrogens with zero attached hydrogens (tertiary/aromatic N) is 1. The van der Waals surface area contributed by atoms with Gasteiger partial charge in [0.15, 0.2) is 0 Å². The zero-order valence-corrected chi connectivity index (χ0v) is 10.7. The van der Waals surface area contributed by atoms with Gasteiger partial charge in [0.1, 0.15) is 5.75 Å². The molecule has 4 nitrogen and oxygen atoms in total. The molecule has 0 radical (unpaired) electrons. The van der Waals surface area contributed by atoms with Crippen molar-refractivity contribution in [1.82, 2.24) is 4.90 Å². The number of hydrogen-bond donors (Lipinski definition) is 1. The zero-order valence-electron chi connectivity index (χ0n) is 10.7. The van der Waals surface area contributed by atoms with Gasteiger partial charge >= 0.3 is 0 Å². The number of methoxy groups -OCH3 is 2. The summed E-state index contributed by atoms with van der Waals surface area (Å²) in [6.07, 6.45) is 0. The Hall–Kier alpha value is -1.10. The summed E-state index contributed by atoms with van der Waals surface area (Å²) in [5.74, 6) is 0.885. The highest BCUT2D eigenvalue weighted by molar-refractivity contribution is 5.27. The van der Waals surface area contributed by atoms with E-state index < -0.39 is 0 Å². The molecule has 0 amide bonds. The summed E-state index contributed by atoms with van der Waals surface area (Å²) < 4.78 is 10.2. The van der Waals surface area contributed by atoms with Gasteiger partial charge in [0.25, 0.3) is 0 Å². The highest BCUT2D eigenvalue weighted by Gasteiger charge is 2.04. The number of nitrogens with two attached hydrogens (primary N) is 1. The van der Waals surface area contributed by atoms with Crippen LogP contribution in [-0.2, 0) is 11.3 Å². The third-order valence-electron chi connectivity index (χ3n) is 2.62. The molecule has 4 heteroatoms. The first-order valence-corrected chi connectivity index (χ1v) is 5.84. The van der Waals surface area contributed by atoms with Crippen LogP contribution in [0.4, 0.5) is 0 Å². The molecule has 0 aliphatic heterocycles. The van der Waals surface area contributed by atoms with Crippen LogP contribution < -0.4 is 10.5 Å². The number of ether oxygens (including phenoxy) is 2. The minimum Gasteiger partial charge on any atom is -0.497 e. The topological polar surface area (TPSA) is 47.7 Å². The molecule has 0 aliphatic carbocycles. The van der Waals surface area contributed by atoms with Crippen molar-refractivity contribution in [3.8, 4) is 5.75 Å². The lowest BCUT2D eigenvalue weighted by molar-refractivity contribution is 0.146. The second-order valence-corrected chi connectivity index (χ2v) is 3.91. The number of benzene rings is 1. The van der Waals surface area contributed by atoms with Crippen molar-refractivity contribution < 1.29 is 9.47 Å². The SMILES string of the molecule is COCCN(CCN)Cc1ccc(OC)cc1. The van der Waals surface area contributed by atoms with Crippen molar-refractivity contribution in [2.45, 2.75) is 6.54 Å². The smallest absolute Gasteiger partial charge is 0.118 e. The van der Waals surface area contributed by atoms with Gasteiger partial charge in [0.05, 0.1) is 13.7 Å². The average Bonchev–Trinajstić information content (AvgIpc) is 2.37. The first-order chi connectivity index (χ1) is 8.30. The van der Waals surface area contributed by atoms with Gasteiger partial charge in [-0.3, -0.25) is 4.90 Å². The molecule has 1 rings (SSSR count). The molecule has 0 atom stereocenters. The van der Waals surface area contributed by atoms with Crippen molar-refractivity contribution in [3.63, 3.8) is 0 Å². The van der Waals surface area contributed by atoms with Crippen molar-refractivity contribution in [3.05, 3.63) is 29.8 Å². The second-order valence-electron chi connectivity index (χ2n) is 3.91. The van der Waals surface area contributed by atoms with Crippen molar-refractivity contribution >= 4 is 0 Å². The Balaban J connectivity index is 2.51. The summed E-state index contributed by atoms with van der Waals surface area (Å²) in [6, 6.07) is 8.11. The van der Waals surface area contributed by atoms with Crippen LogP contribution in [0.3, 0.4) is 0 Å². The first-order valence-electron chi connectivity index (χ1n) is 5.84. The summed E-state index contributed by atoms with van der Waals surface area (Å²) in [4.78, 5) is 2.28. The summed E-state index contributed by atoms with van der Waals surface area (Å²) >= 11 is 0. The predicted octanol–water partition coefficient (Wildman–Crippen LogP) is 1.10.